The first-order chi connectivity index (χ1) is 12.7. The van der Waals surface area contributed by atoms with Gasteiger partial charge in [-0.15, -0.1) is 11.8 Å². The van der Waals surface area contributed by atoms with Crippen molar-refractivity contribution in [3.63, 3.8) is 0 Å². The van der Waals surface area contributed by atoms with Gasteiger partial charge in [-0.2, -0.15) is 5.10 Å². The monoisotopic (exact) mass is 362 g/mol. The molecule has 0 aliphatic rings. The quantitative estimate of drug-likeness (QED) is 0.387. The van der Waals surface area contributed by atoms with Crippen LogP contribution < -0.4 is 5.43 Å². The highest BCUT2D eigenvalue weighted by Crippen LogP contribution is 2.22. The first-order valence-corrected chi connectivity index (χ1v) is 9.09. The summed E-state index contributed by atoms with van der Waals surface area (Å²) in [6, 6.07) is 24.4. The third kappa shape index (κ3) is 4.97. The lowest BCUT2D eigenvalue weighted by molar-refractivity contribution is 0.0955. The third-order valence-electron chi connectivity index (χ3n) is 3.67. The number of aromatic hydroxyl groups is 1. The first-order valence-electron chi connectivity index (χ1n) is 8.10. The molecule has 0 fully saturated rings. The molecular weight excluding hydrogens is 344 g/mol. The zero-order valence-corrected chi connectivity index (χ0v) is 14.8. The molecule has 0 bridgehead atoms. The van der Waals surface area contributed by atoms with Crippen molar-refractivity contribution in [3.8, 4) is 5.75 Å². The van der Waals surface area contributed by atoms with Gasteiger partial charge in [-0.3, -0.25) is 4.79 Å². The van der Waals surface area contributed by atoms with E-state index < -0.39 is 0 Å². The van der Waals surface area contributed by atoms with Gasteiger partial charge in [0.25, 0.3) is 5.91 Å². The number of phenolic OH excluding ortho intramolecular Hbond substituents is 1. The lowest BCUT2D eigenvalue weighted by Crippen LogP contribution is -2.17. The van der Waals surface area contributed by atoms with E-state index in [0.717, 1.165) is 11.3 Å². The standard InChI is InChI=1S/C21H18N2O2S/c24-20-9-5-4-6-18(20)14-22-23-21(25)17-12-10-16(11-13-17)15-26-19-7-2-1-3-8-19/h1-14,24H,15H2,(H,23,25)/b22-14-. The summed E-state index contributed by atoms with van der Waals surface area (Å²) in [6.07, 6.45) is 1.41. The molecule has 0 aliphatic heterocycles. The van der Waals surface area contributed by atoms with Gasteiger partial charge in [0.2, 0.25) is 0 Å². The number of carbonyl (C=O) groups is 1. The van der Waals surface area contributed by atoms with E-state index in [1.165, 1.54) is 11.1 Å². The number of nitrogens with zero attached hydrogens (tertiary/aromatic N) is 1. The Morgan fingerprint density at radius 3 is 2.38 bits per heavy atom. The Labute approximate surface area is 156 Å². The van der Waals surface area contributed by atoms with E-state index in [-0.39, 0.29) is 11.7 Å². The number of hydrogen-bond donors (Lipinski definition) is 2. The number of para-hydroxylation sites is 1. The minimum absolute atomic E-state index is 0.116. The van der Waals surface area contributed by atoms with E-state index >= 15 is 0 Å². The zero-order valence-electron chi connectivity index (χ0n) is 14.0. The molecule has 3 rings (SSSR count). The van der Waals surface area contributed by atoms with Crippen molar-refractivity contribution in [3.05, 3.63) is 95.6 Å². The number of amides is 1. The fourth-order valence-corrected chi connectivity index (χ4v) is 3.13. The summed E-state index contributed by atoms with van der Waals surface area (Å²) in [6.45, 7) is 0. The molecule has 2 N–H and O–H groups in total. The summed E-state index contributed by atoms with van der Waals surface area (Å²) in [5.41, 5.74) is 4.69. The fourth-order valence-electron chi connectivity index (χ4n) is 2.26. The number of carbonyl (C=O) groups excluding carboxylic acids is 1. The molecule has 0 radical (unpaired) electrons. The maximum Gasteiger partial charge on any atom is 0.271 e. The SMILES string of the molecule is O=C(N/N=C\c1ccccc1O)c1ccc(CSc2ccccc2)cc1. The summed E-state index contributed by atoms with van der Waals surface area (Å²) in [5.74, 6) is 0.668. The molecule has 5 heteroatoms. The van der Waals surface area contributed by atoms with Crippen molar-refractivity contribution in [1.82, 2.24) is 5.43 Å². The van der Waals surface area contributed by atoms with Crippen molar-refractivity contribution < 1.29 is 9.90 Å². The average molecular weight is 362 g/mol. The molecule has 3 aromatic rings. The largest absolute Gasteiger partial charge is 0.507 e. The Hall–Kier alpha value is -3.05. The van der Waals surface area contributed by atoms with Crippen LogP contribution in [-0.4, -0.2) is 17.2 Å². The van der Waals surface area contributed by atoms with Gasteiger partial charge < -0.3 is 5.11 Å². The molecule has 0 aliphatic carbocycles. The average Bonchev–Trinajstić information content (AvgIpc) is 2.69. The summed E-state index contributed by atoms with van der Waals surface area (Å²) in [5, 5.41) is 13.5. The van der Waals surface area contributed by atoms with Gasteiger partial charge in [0.1, 0.15) is 5.75 Å². The highest BCUT2D eigenvalue weighted by molar-refractivity contribution is 7.98. The molecule has 1 amide bonds. The summed E-state index contributed by atoms with van der Waals surface area (Å²) < 4.78 is 0. The highest BCUT2D eigenvalue weighted by atomic mass is 32.2. The Morgan fingerprint density at radius 2 is 1.65 bits per heavy atom. The topological polar surface area (TPSA) is 61.7 Å². The van der Waals surface area contributed by atoms with Crippen LogP contribution in [0.5, 0.6) is 5.75 Å². The van der Waals surface area contributed by atoms with Crippen LogP contribution in [0.15, 0.2) is 88.9 Å². The molecule has 26 heavy (non-hydrogen) atoms. The molecule has 0 heterocycles. The van der Waals surface area contributed by atoms with Crippen LogP contribution in [0.3, 0.4) is 0 Å². The van der Waals surface area contributed by atoms with E-state index in [4.69, 9.17) is 0 Å². The first kappa shape index (κ1) is 17.8. The third-order valence-corrected chi connectivity index (χ3v) is 4.75. The van der Waals surface area contributed by atoms with Crippen molar-refractivity contribution in [2.45, 2.75) is 10.6 Å². The normalized spacial score (nSPS) is 10.8. The number of rotatable bonds is 6. The van der Waals surface area contributed by atoms with Crippen LogP contribution in [-0.2, 0) is 5.75 Å². The molecule has 0 saturated heterocycles. The molecule has 0 atom stereocenters. The lowest BCUT2D eigenvalue weighted by Gasteiger charge is -2.04. The van der Waals surface area contributed by atoms with E-state index in [0.29, 0.717) is 11.1 Å². The molecule has 0 unspecified atom stereocenters. The minimum Gasteiger partial charge on any atom is -0.507 e. The number of hydrazone groups is 1. The Kier molecular flexibility index (Phi) is 6.06. The van der Waals surface area contributed by atoms with Gasteiger partial charge >= 0.3 is 0 Å². The maximum atomic E-state index is 12.1. The lowest BCUT2D eigenvalue weighted by atomic mass is 10.1. The highest BCUT2D eigenvalue weighted by Gasteiger charge is 2.04. The van der Waals surface area contributed by atoms with Crippen LogP contribution >= 0.6 is 11.8 Å². The van der Waals surface area contributed by atoms with Crippen molar-refractivity contribution in [2.75, 3.05) is 0 Å². The Balaban J connectivity index is 1.54. The molecule has 0 aromatic heterocycles. The van der Waals surface area contributed by atoms with E-state index in [1.807, 2.05) is 30.3 Å². The van der Waals surface area contributed by atoms with Crippen LogP contribution in [0.25, 0.3) is 0 Å². The molecule has 130 valence electrons. The van der Waals surface area contributed by atoms with Gasteiger partial charge in [-0.1, -0.05) is 42.5 Å². The minimum atomic E-state index is -0.293. The summed E-state index contributed by atoms with van der Waals surface area (Å²) >= 11 is 1.75. The van der Waals surface area contributed by atoms with Gasteiger partial charge in [-0.25, -0.2) is 5.43 Å². The number of benzene rings is 3. The molecule has 0 spiro atoms. The van der Waals surface area contributed by atoms with Gasteiger partial charge in [-0.05, 0) is 42.0 Å². The fraction of sp³-hybridized carbons (Fsp3) is 0.0476. The van der Waals surface area contributed by atoms with Crippen LogP contribution in [0, 0.1) is 0 Å². The molecule has 4 nitrogen and oxygen atoms in total. The Morgan fingerprint density at radius 1 is 0.962 bits per heavy atom. The van der Waals surface area contributed by atoms with E-state index in [2.05, 4.69) is 22.7 Å². The van der Waals surface area contributed by atoms with E-state index in [1.54, 1.807) is 48.2 Å². The van der Waals surface area contributed by atoms with Crippen molar-refractivity contribution >= 4 is 23.9 Å². The second kappa shape index (κ2) is 8.87. The zero-order chi connectivity index (χ0) is 18.2. The second-order valence-corrected chi connectivity index (χ2v) is 6.61. The molecule has 3 aromatic carbocycles. The number of thioether (sulfide) groups is 1. The summed E-state index contributed by atoms with van der Waals surface area (Å²) in [4.78, 5) is 13.3. The number of phenols is 1. The number of nitrogens with one attached hydrogen (secondary N) is 1. The van der Waals surface area contributed by atoms with Crippen molar-refractivity contribution in [1.29, 1.82) is 0 Å². The van der Waals surface area contributed by atoms with Crippen LogP contribution in [0.1, 0.15) is 21.5 Å². The molecule has 0 saturated carbocycles. The van der Waals surface area contributed by atoms with E-state index in [9.17, 15) is 9.90 Å². The predicted octanol–water partition coefficient (Wildman–Crippen LogP) is 4.45. The Bertz CT molecular complexity index is 893. The van der Waals surface area contributed by atoms with Gasteiger partial charge in [0.15, 0.2) is 0 Å². The van der Waals surface area contributed by atoms with Crippen molar-refractivity contribution in [2.24, 2.45) is 5.10 Å². The second-order valence-electron chi connectivity index (χ2n) is 5.56. The number of hydrogen-bond acceptors (Lipinski definition) is 4. The molecular formula is C21H18N2O2S. The van der Waals surface area contributed by atoms with Gasteiger partial charge in [0.05, 0.1) is 6.21 Å². The van der Waals surface area contributed by atoms with Crippen LogP contribution in [0.2, 0.25) is 0 Å². The predicted molar refractivity (Wildman–Crippen MR) is 106 cm³/mol. The van der Waals surface area contributed by atoms with Crippen LogP contribution in [0.4, 0.5) is 0 Å². The maximum absolute atomic E-state index is 12.1. The smallest absolute Gasteiger partial charge is 0.271 e. The summed E-state index contributed by atoms with van der Waals surface area (Å²) in [7, 11) is 0. The van der Waals surface area contributed by atoms with Gasteiger partial charge in [0, 0.05) is 21.8 Å².